The second-order valence-corrected chi connectivity index (χ2v) is 8.33. The average Bonchev–Trinajstić information content (AvgIpc) is 2.79. The van der Waals surface area contributed by atoms with Gasteiger partial charge in [-0.1, -0.05) is 18.2 Å². The summed E-state index contributed by atoms with van der Waals surface area (Å²) in [7, 11) is 2.15. The van der Waals surface area contributed by atoms with Crippen molar-refractivity contribution in [2.24, 2.45) is 0 Å². The number of rotatable bonds is 4. The van der Waals surface area contributed by atoms with Crippen LogP contribution in [0.1, 0.15) is 29.9 Å². The van der Waals surface area contributed by atoms with Crippen molar-refractivity contribution < 1.29 is 9.90 Å². The van der Waals surface area contributed by atoms with E-state index in [-0.39, 0.29) is 6.03 Å². The van der Waals surface area contributed by atoms with Crippen molar-refractivity contribution in [3.63, 3.8) is 0 Å². The maximum absolute atomic E-state index is 12.6. The zero-order chi connectivity index (χ0) is 20.9. The van der Waals surface area contributed by atoms with Crippen LogP contribution >= 0.6 is 0 Å². The predicted octanol–water partition coefficient (Wildman–Crippen LogP) is 2.63. The number of piperazine rings is 1. The number of phenols is 1. The number of pyridine rings is 1. The molecule has 1 aromatic heterocycles. The molecule has 0 radical (unpaired) electrons. The summed E-state index contributed by atoms with van der Waals surface area (Å²) in [5.41, 5.74) is 2.25. The van der Waals surface area contributed by atoms with Crippen molar-refractivity contribution in [1.82, 2.24) is 20.1 Å². The fourth-order valence-corrected chi connectivity index (χ4v) is 4.20. The standard InChI is InChI=1S/C23H31N5O2/c1-26-12-14-27(15-13-26)22-7-2-18(16-24-22)17-25-23(30)28-10-8-20(9-11-28)19-3-5-21(29)6-4-19/h2-7,16,20,29H,8-15,17H2,1H3,(H,25,30). The number of carbonyl (C=O) groups excluding carboxylic acids is 1. The highest BCUT2D eigenvalue weighted by molar-refractivity contribution is 5.74. The first-order chi connectivity index (χ1) is 14.6. The lowest BCUT2D eigenvalue weighted by Crippen LogP contribution is -2.44. The first-order valence-electron chi connectivity index (χ1n) is 10.8. The molecule has 2 amide bonds. The van der Waals surface area contributed by atoms with E-state index in [9.17, 15) is 9.90 Å². The lowest BCUT2D eigenvalue weighted by atomic mass is 9.89. The van der Waals surface area contributed by atoms with Crippen molar-refractivity contribution >= 4 is 11.8 Å². The molecule has 160 valence electrons. The van der Waals surface area contributed by atoms with Crippen LogP contribution in [0.15, 0.2) is 42.6 Å². The molecule has 1 aromatic carbocycles. The Hall–Kier alpha value is -2.80. The Kier molecular flexibility index (Phi) is 6.38. The molecule has 2 N–H and O–H groups in total. The second-order valence-electron chi connectivity index (χ2n) is 8.33. The quantitative estimate of drug-likeness (QED) is 0.812. The molecule has 0 saturated carbocycles. The number of nitrogens with one attached hydrogen (secondary N) is 1. The molecule has 2 aromatic rings. The van der Waals surface area contributed by atoms with Crippen molar-refractivity contribution in [3.05, 3.63) is 53.7 Å². The van der Waals surface area contributed by atoms with E-state index >= 15 is 0 Å². The van der Waals surface area contributed by atoms with Gasteiger partial charge in [0.15, 0.2) is 0 Å². The van der Waals surface area contributed by atoms with E-state index in [1.54, 1.807) is 12.1 Å². The maximum Gasteiger partial charge on any atom is 0.317 e. The molecule has 0 spiro atoms. The number of carbonyl (C=O) groups is 1. The number of nitrogens with zero attached hydrogens (tertiary/aromatic N) is 4. The lowest BCUT2D eigenvalue weighted by Gasteiger charge is -2.33. The fraction of sp³-hybridized carbons (Fsp3) is 0.478. The molecule has 0 atom stereocenters. The predicted molar refractivity (Wildman–Crippen MR) is 118 cm³/mol. The summed E-state index contributed by atoms with van der Waals surface area (Å²) in [5, 5.41) is 12.5. The number of anilines is 1. The van der Waals surface area contributed by atoms with Gasteiger partial charge in [-0.2, -0.15) is 0 Å². The third kappa shape index (κ3) is 5.02. The third-order valence-electron chi connectivity index (χ3n) is 6.23. The van der Waals surface area contributed by atoms with Crippen LogP contribution in [0, 0.1) is 0 Å². The highest BCUT2D eigenvalue weighted by Crippen LogP contribution is 2.29. The van der Waals surface area contributed by atoms with Crippen molar-refractivity contribution in [2.45, 2.75) is 25.3 Å². The summed E-state index contributed by atoms with van der Waals surface area (Å²) in [4.78, 5) is 23.7. The Balaban J connectivity index is 1.22. The number of likely N-dealkylation sites (N-methyl/N-ethyl adjacent to an activating group) is 1. The Bertz CT molecular complexity index is 824. The first kappa shape index (κ1) is 20.5. The third-order valence-corrected chi connectivity index (χ3v) is 6.23. The number of amides is 2. The van der Waals surface area contributed by atoms with E-state index in [1.807, 2.05) is 23.2 Å². The van der Waals surface area contributed by atoms with Gasteiger partial charge in [-0.3, -0.25) is 0 Å². The highest BCUT2D eigenvalue weighted by atomic mass is 16.3. The van der Waals surface area contributed by atoms with Crippen LogP contribution in [0.4, 0.5) is 10.6 Å². The Labute approximate surface area is 178 Å². The van der Waals surface area contributed by atoms with Crippen LogP contribution in [0.2, 0.25) is 0 Å². The van der Waals surface area contributed by atoms with E-state index in [4.69, 9.17) is 0 Å². The van der Waals surface area contributed by atoms with Gasteiger partial charge < -0.3 is 25.1 Å². The van der Waals surface area contributed by atoms with Crippen LogP contribution in [0.5, 0.6) is 5.75 Å². The van der Waals surface area contributed by atoms with E-state index in [1.165, 1.54) is 5.56 Å². The molecule has 0 aliphatic carbocycles. The van der Waals surface area contributed by atoms with Gasteiger partial charge in [0, 0.05) is 52.0 Å². The highest BCUT2D eigenvalue weighted by Gasteiger charge is 2.23. The van der Waals surface area contributed by atoms with Gasteiger partial charge in [0.2, 0.25) is 0 Å². The first-order valence-corrected chi connectivity index (χ1v) is 10.8. The van der Waals surface area contributed by atoms with Gasteiger partial charge in [-0.15, -0.1) is 0 Å². The van der Waals surface area contributed by atoms with Gasteiger partial charge in [0.25, 0.3) is 0 Å². The van der Waals surface area contributed by atoms with Crippen LogP contribution in [0.25, 0.3) is 0 Å². The van der Waals surface area contributed by atoms with E-state index in [2.05, 4.69) is 39.3 Å². The normalized spacial score (nSPS) is 18.4. The van der Waals surface area contributed by atoms with Gasteiger partial charge in [0.05, 0.1) is 0 Å². The van der Waals surface area contributed by atoms with Crippen LogP contribution in [-0.4, -0.2) is 72.2 Å². The minimum Gasteiger partial charge on any atom is -0.508 e. The molecule has 30 heavy (non-hydrogen) atoms. The summed E-state index contributed by atoms with van der Waals surface area (Å²) >= 11 is 0. The van der Waals surface area contributed by atoms with Gasteiger partial charge in [-0.25, -0.2) is 9.78 Å². The molecule has 0 unspecified atom stereocenters. The molecule has 2 aliphatic heterocycles. The second kappa shape index (κ2) is 9.34. The molecule has 2 saturated heterocycles. The van der Waals surface area contributed by atoms with Gasteiger partial charge >= 0.3 is 6.03 Å². The Morgan fingerprint density at radius 1 is 1.03 bits per heavy atom. The molecule has 2 fully saturated rings. The number of hydrogen-bond acceptors (Lipinski definition) is 5. The van der Waals surface area contributed by atoms with Crippen molar-refractivity contribution in [3.8, 4) is 5.75 Å². The summed E-state index contributed by atoms with van der Waals surface area (Å²) in [6, 6.07) is 11.5. The Morgan fingerprint density at radius 2 is 1.73 bits per heavy atom. The number of aromatic nitrogens is 1. The summed E-state index contributed by atoms with van der Waals surface area (Å²) in [6.45, 7) is 6.11. The van der Waals surface area contributed by atoms with Crippen molar-refractivity contribution in [2.75, 3.05) is 51.2 Å². The smallest absolute Gasteiger partial charge is 0.317 e. The number of urea groups is 1. The van der Waals surface area contributed by atoms with E-state index in [0.717, 1.165) is 63.5 Å². The zero-order valence-electron chi connectivity index (χ0n) is 17.6. The maximum atomic E-state index is 12.6. The Morgan fingerprint density at radius 3 is 2.37 bits per heavy atom. The number of likely N-dealkylation sites (tertiary alicyclic amines) is 1. The fourth-order valence-electron chi connectivity index (χ4n) is 4.20. The largest absolute Gasteiger partial charge is 0.508 e. The van der Waals surface area contributed by atoms with Crippen molar-refractivity contribution in [1.29, 1.82) is 0 Å². The van der Waals surface area contributed by atoms with Crippen LogP contribution in [0.3, 0.4) is 0 Å². The monoisotopic (exact) mass is 409 g/mol. The number of hydrogen-bond donors (Lipinski definition) is 2. The number of piperidine rings is 1. The molecular formula is C23H31N5O2. The van der Waals surface area contributed by atoms with Crippen LogP contribution in [-0.2, 0) is 6.54 Å². The molecule has 4 rings (SSSR count). The minimum atomic E-state index is -0.0118. The molecule has 3 heterocycles. The molecule has 7 nitrogen and oxygen atoms in total. The summed E-state index contributed by atoms with van der Waals surface area (Å²) in [5.74, 6) is 1.75. The SMILES string of the molecule is CN1CCN(c2ccc(CNC(=O)N3CCC(c4ccc(O)cc4)CC3)cn2)CC1. The number of aromatic hydroxyl groups is 1. The van der Waals surface area contributed by atoms with E-state index in [0.29, 0.717) is 18.2 Å². The molecule has 2 aliphatic rings. The minimum absolute atomic E-state index is 0.0118. The lowest BCUT2D eigenvalue weighted by molar-refractivity contribution is 0.181. The number of benzene rings is 1. The summed E-state index contributed by atoms with van der Waals surface area (Å²) in [6.07, 6.45) is 3.75. The number of phenolic OH excluding ortho intramolecular Hbond substituents is 1. The molecule has 0 bridgehead atoms. The topological polar surface area (TPSA) is 71.9 Å². The van der Waals surface area contributed by atoms with Gasteiger partial charge in [-0.05, 0) is 55.1 Å². The molecular weight excluding hydrogens is 378 g/mol. The van der Waals surface area contributed by atoms with E-state index < -0.39 is 0 Å². The van der Waals surface area contributed by atoms with Gasteiger partial charge in [0.1, 0.15) is 11.6 Å². The zero-order valence-corrected chi connectivity index (χ0v) is 17.6. The molecule has 7 heteroatoms. The average molecular weight is 410 g/mol. The summed E-state index contributed by atoms with van der Waals surface area (Å²) < 4.78 is 0. The van der Waals surface area contributed by atoms with Crippen LogP contribution < -0.4 is 10.2 Å².